The molecule has 3 aromatic carbocycles. The second kappa shape index (κ2) is 10.4. The zero-order valence-electron chi connectivity index (χ0n) is 20.4. The lowest BCUT2D eigenvalue weighted by Gasteiger charge is -2.14. The summed E-state index contributed by atoms with van der Waals surface area (Å²) < 4.78 is 40.8. The number of carbonyl (C=O) groups is 2. The summed E-state index contributed by atoms with van der Waals surface area (Å²) >= 11 is 0. The Balaban J connectivity index is 1.49. The summed E-state index contributed by atoms with van der Waals surface area (Å²) in [6.45, 7) is 0.446. The monoisotopic (exact) mass is 529 g/mol. The van der Waals surface area contributed by atoms with E-state index in [1.54, 1.807) is 42.9 Å². The molecule has 2 heterocycles. The highest BCUT2D eigenvalue weighted by Crippen LogP contribution is 2.31. The van der Waals surface area contributed by atoms with Crippen LogP contribution in [0.1, 0.15) is 37.4 Å². The van der Waals surface area contributed by atoms with E-state index < -0.39 is 17.7 Å². The molecule has 9 heteroatoms. The van der Waals surface area contributed by atoms with E-state index in [0.717, 1.165) is 34.2 Å². The van der Waals surface area contributed by atoms with Crippen LogP contribution >= 0.6 is 0 Å². The summed E-state index contributed by atoms with van der Waals surface area (Å²) in [4.78, 5) is 28.8. The predicted molar refractivity (Wildman–Crippen MR) is 140 cm³/mol. The van der Waals surface area contributed by atoms with E-state index in [4.69, 9.17) is 5.11 Å². The van der Waals surface area contributed by atoms with Crippen molar-refractivity contribution in [2.24, 2.45) is 0 Å². The normalized spacial score (nSPS) is 11.5. The lowest BCUT2D eigenvalue weighted by molar-refractivity contribution is -0.137. The minimum absolute atomic E-state index is 0.150. The predicted octanol–water partition coefficient (Wildman–Crippen LogP) is 6.40. The van der Waals surface area contributed by atoms with Crippen molar-refractivity contribution in [3.8, 4) is 11.1 Å². The Hall–Kier alpha value is -4.92. The first kappa shape index (κ1) is 25.7. The molecule has 0 saturated carbocycles. The molecule has 0 aliphatic rings. The van der Waals surface area contributed by atoms with Crippen LogP contribution in [0.3, 0.4) is 0 Å². The summed E-state index contributed by atoms with van der Waals surface area (Å²) in [6, 6.07) is 20.4. The molecule has 0 spiro atoms. The van der Waals surface area contributed by atoms with Crippen molar-refractivity contribution in [1.82, 2.24) is 14.9 Å². The van der Waals surface area contributed by atoms with Crippen LogP contribution in [0.25, 0.3) is 22.0 Å². The Bertz CT molecular complexity index is 1640. The third-order valence-electron chi connectivity index (χ3n) is 6.39. The number of rotatable bonds is 7. The van der Waals surface area contributed by atoms with Crippen molar-refractivity contribution in [2.45, 2.75) is 19.3 Å². The van der Waals surface area contributed by atoms with E-state index in [1.165, 1.54) is 24.3 Å². The number of halogens is 3. The van der Waals surface area contributed by atoms with Gasteiger partial charge < -0.3 is 15.0 Å². The molecular formula is C30H22F3N3O3. The third-order valence-corrected chi connectivity index (χ3v) is 6.39. The summed E-state index contributed by atoms with van der Waals surface area (Å²) in [6.07, 6.45) is 0.745. The Morgan fingerprint density at radius 1 is 0.897 bits per heavy atom. The molecular weight excluding hydrogens is 507 g/mol. The molecule has 0 radical (unpaired) electrons. The fourth-order valence-electron chi connectivity index (χ4n) is 4.39. The topological polar surface area (TPSA) is 84.2 Å². The van der Waals surface area contributed by atoms with Gasteiger partial charge in [-0.05, 0) is 65.2 Å². The zero-order chi connectivity index (χ0) is 27.6. The summed E-state index contributed by atoms with van der Waals surface area (Å²) in [5.74, 6) is -1.38. The number of aromatic nitrogens is 2. The summed E-state index contributed by atoms with van der Waals surface area (Å²) in [5, 5.41) is 12.8. The minimum Gasteiger partial charge on any atom is -0.478 e. The quantitative estimate of drug-likeness (QED) is 0.256. The fraction of sp³-hybridized carbons (Fsp3) is 0.100. The summed E-state index contributed by atoms with van der Waals surface area (Å²) in [7, 11) is 0. The summed E-state index contributed by atoms with van der Waals surface area (Å²) in [5.41, 5.74) is 3.46. The lowest BCUT2D eigenvalue weighted by Crippen LogP contribution is -2.23. The number of hydrogen-bond acceptors (Lipinski definition) is 3. The number of amides is 1. The van der Waals surface area contributed by atoms with E-state index >= 15 is 0 Å². The van der Waals surface area contributed by atoms with Gasteiger partial charge in [-0.25, -0.2) is 4.79 Å². The number of benzene rings is 3. The van der Waals surface area contributed by atoms with Gasteiger partial charge in [-0.1, -0.05) is 30.3 Å². The average molecular weight is 530 g/mol. The van der Waals surface area contributed by atoms with E-state index in [0.29, 0.717) is 16.6 Å². The van der Waals surface area contributed by atoms with Crippen molar-refractivity contribution in [2.75, 3.05) is 0 Å². The number of alkyl halides is 3. The first-order chi connectivity index (χ1) is 18.7. The smallest absolute Gasteiger partial charge is 0.416 e. The molecule has 0 aliphatic carbocycles. The molecule has 2 aromatic heterocycles. The molecule has 196 valence electrons. The van der Waals surface area contributed by atoms with E-state index in [9.17, 15) is 22.8 Å². The highest BCUT2D eigenvalue weighted by Gasteiger charge is 2.30. The van der Waals surface area contributed by atoms with Gasteiger partial charge in [-0.15, -0.1) is 0 Å². The Kier molecular flexibility index (Phi) is 6.89. The third kappa shape index (κ3) is 5.67. The van der Waals surface area contributed by atoms with Gasteiger partial charge in [-0.2, -0.15) is 13.2 Å². The number of aromatic carboxylic acids is 1. The number of nitrogens with zero attached hydrogens (tertiary/aromatic N) is 2. The molecule has 0 atom stereocenters. The van der Waals surface area contributed by atoms with Gasteiger partial charge in [0, 0.05) is 42.6 Å². The SMILES string of the molecule is O=C(O)c1ccc(CNC(=O)c2cc(-c3cccnc3)cc3ccn(Cc4ccc(C(F)(F)F)cc4)c23)cc1. The van der Waals surface area contributed by atoms with Crippen LogP contribution in [0.2, 0.25) is 0 Å². The van der Waals surface area contributed by atoms with Crippen LogP contribution in [-0.4, -0.2) is 26.5 Å². The average Bonchev–Trinajstić information content (AvgIpc) is 3.34. The standard InChI is InChI=1S/C30H22F3N3O3/c31-30(32,33)25-9-5-20(6-10-25)18-36-13-11-22-14-24(23-2-1-12-34-17-23)15-26(27(22)36)28(37)35-16-19-3-7-21(8-4-19)29(38)39/h1-15,17H,16,18H2,(H,35,37)(H,38,39). The number of nitrogens with one attached hydrogen (secondary N) is 1. The molecule has 5 rings (SSSR count). The van der Waals surface area contributed by atoms with Gasteiger partial charge in [-0.3, -0.25) is 9.78 Å². The Labute approximate surface area is 221 Å². The second-order valence-corrected chi connectivity index (χ2v) is 9.03. The van der Waals surface area contributed by atoms with Gasteiger partial charge in [0.25, 0.3) is 5.91 Å². The fourth-order valence-corrected chi connectivity index (χ4v) is 4.39. The first-order valence-corrected chi connectivity index (χ1v) is 12.0. The second-order valence-electron chi connectivity index (χ2n) is 9.03. The van der Waals surface area contributed by atoms with Crippen molar-refractivity contribution in [1.29, 1.82) is 0 Å². The highest BCUT2D eigenvalue weighted by molar-refractivity contribution is 6.07. The maximum absolute atomic E-state index is 13.5. The molecule has 0 saturated heterocycles. The van der Waals surface area contributed by atoms with E-state index in [-0.39, 0.29) is 24.6 Å². The van der Waals surface area contributed by atoms with E-state index in [2.05, 4.69) is 10.3 Å². The van der Waals surface area contributed by atoms with Crippen LogP contribution in [0.4, 0.5) is 13.2 Å². The van der Waals surface area contributed by atoms with Crippen molar-refractivity contribution in [3.05, 3.63) is 125 Å². The number of carboxylic acids is 1. The molecule has 6 nitrogen and oxygen atoms in total. The molecule has 5 aromatic rings. The largest absolute Gasteiger partial charge is 0.478 e. The van der Waals surface area contributed by atoms with E-state index in [1.807, 2.05) is 22.8 Å². The van der Waals surface area contributed by atoms with Crippen molar-refractivity contribution < 1.29 is 27.9 Å². The number of carbonyl (C=O) groups excluding carboxylic acids is 1. The number of pyridine rings is 1. The molecule has 0 fully saturated rings. The number of hydrogen-bond donors (Lipinski definition) is 2. The minimum atomic E-state index is -4.42. The lowest BCUT2D eigenvalue weighted by atomic mass is 10.0. The van der Waals surface area contributed by atoms with Crippen LogP contribution in [0.15, 0.2) is 97.5 Å². The van der Waals surface area contributed by atoms with Gasteiger partial charge in [0.15, 0.2) is 0 Å². The molecule has 0 aliphatic heterocycles. The van der Waals surface area contributed by atoms with Crippen molar-refractivity contribution in [3.63, 3.8) is 0 Å². The highest BCUT2D eigenvalue weighted by atomic mass is 19.4. The Morgan fingerprint density at radius 2 is 1.62 bits per heavy atom. The van der Waals surface area contributed by atoms with Crippen molar-refractivity contribution >= 4 is 22.8 Å². The van der Waals surface area contributed by atoms with Crippen LogP contribution in [-0.2, 0) is 19.3 Å². The van der Waals surface area contributed by atoms with Gasteiger partial charge in [0.2, 0.25) is 0 Å². The zero-order valence-corrected chi connectivity index (χ0v) is 20.4. The number of fused-ring (bicyclic) bond motifs is 1. The maximum atomic E-state index is 13.5. The van der Waals surface area contributed by atoms with Crippen LogP contribution < -0.4 is 5.32 Å². The molecule has 1 amide bonds. The first-order valence-electron chi connectivity index (χ1n) is 12.0. The number of carboxylic acid groups (broad SMARTS) is 1. The van der Waals surface area contributed by atoms with Gasteiger partial charge >= 0.3 is 12.1 Å². The Morgan fingerprint density at radius 3 is 2.26 bits per heavy atom. The van der Waals surface area contributed by atoms with Gasteiger partial charge in [0.05, 0.1) is 22.2 Å². The van der Waals surface area contributed by atoms with Gasteiger partial charge in [0.1, 0.15) is 0 Å². The molecule has 39 heavy (non-hydrogen) atoms. The molecule has 0 bridgehead atoms. The molecule has 2 N–H and O–H groups in total. The molecule has 0 unspecified atom stereocenters. The van der Waals surface area contributed by atoms with Crippen LogP contribution in [0.5, 0.6) is 0 Å². The maximum Gasteiger partial charge on any atom is 0.416 e. The van der Waals surface area contributed by atoms with Crippen LogP contribution in [0, 0.1) is 0 Å².